The fourth-order valence-electron chi connectivity index (χ4n) is 1.96. The van der Waals surface area contributed by atoms with Gasteiger partial charge in [-0.15, -0.1) is 0 Å². The molecule has 0 unspecified atom stereocenters. The standard InChI is InChI=1S/C11H10N4S/c16-11-14-9(7-1-4-12-5-2-7)8-3-6-13-10(8)15-11/h1-2,4-5H,3,6H2,(H2,13,14,15,16). The molecule has 0 bridgehead atoms. The third-order valence-electron chi connectivity index (χ3n) is 2.67. The summed E-state index contributed by atoms with van der Waals surface area (Å²) >= 11 is 5.12. The zero-order chi connectivity index (χ0) is 11.0. The first-order valence-electron chi connectivity index (χ1n) is 5.12. The minimum absolute atomic E-state index is 0.514. The van der Waals surface area contributed by atoms with Crippen molar-refractivity contribution in [1.29, 1.82) is 0 Å². The number of H-pyrrole nitrogens is 1. The second kappa shape index (κ2) is 3.68. The van der Waals surface area contributed by atoms with Gasteiger partial charge in [-0.2, -0.15) is 0 Å². The summed E-state index contributed by atoms with van der Waals surface area (Å²) in [5.74, 6) is 0.913. The summed E-state index contributed by atoms with van der Waals surface area (Å²) in [6.45, 7) is 0.924. The highest BCUT2D eigenvalue weighted by molar-refractivity contribution is 7.71. The fraction of sp³-hybridized carbons (Fsp3) is 0.182. The lowest BCUT2D eigenvalue weighted by Gasteiger charge is -2.06. The number of rotatable bonds is 1. The van der Waals surface area contributed by atoms with Crippen LogP contribution in [0, 0.1) is 4.77 Å². The van der Waals surface area contributed by atoms with E-state index in [1.54, 1.807) is 12.4 Å². The first-order chi connectivity index (χ1) is 7.84. The Morgan fingerprint density at radius 2 is 2.06 bits per heavy atom. The van der Waals surface area contributed by atoms with Crippen LogP contribution in [0.3, 0.4) is 0 Å². The molecule has 3 heterocycles. The van der Waals surface area contributed by atoms with Crippen molar-refractivity contribution < 1.29 is 0 Å². The molecule has 0 spiro atoms. The summed E-state index contributed by atoms with van der Waals surface area (Å²) in [6, 6.07) is 3.94. The van der Waals surface area contributed by atoms with E-state index in [9.17, 15) is 0 Å². The largest absolute Gasteiger partial charge is 0.369 e. The summed E-state index contributed by atoms with van der Waals surface area (Å²) in [7, 11) is 0. The lowest BCUT2D eigenvalue weighted by atomic mass is 10.1. The Morgan fingerprint density at radius 1 is 1.25 bits per heavy atom. The smallest absolute Gasteiger partial charge is 0.199 e. The molecule has 3 rings (SSSR count). The average molecular weight is 230 g/mol. The molecule has 2 aromatic rings. The van der Waals surface area contributed by atoms with Gasteiger partial charge in [-0.25, -0.2) is 4.98 Å². The van der Waals surface area contributed by atoms with Gasteiger partial charge >= 0.3 is 0 Å². The van der Waals surface area contributed by atoms with Crippen LogP contribution in [0.5, 0.6) is 0 Å². The molecule has 0 fully saturated rings. The van der Waals surface area contributed by atoms with Gasteiger partial charge in [0.25, 0.3) is 0 Å². The number of anilines is 1. The van der Waals surface area contributed by atoms with Crippen molar-refractivity contribution in [2.24, 2.45) is 0 Å². The maximum atomic E-state index is 5.12. The molecule has 80 valence electrons. The van der Waals surface area contributed by atoms with Gasteiger partial charge in [-0.3, -0.25) is 4.98 Å². The van der Waals surface area contributed by atoms with Gasteiger partial charge in [0.2, 0.25) is 0 Å². The highest BCUT2D eigenvalue weighted by atomic mass is 32.1. The van der Waals surface area contributed by atoms with Crippen LogP contribution in [-0.2, 0) is 6.42 Å². The number of hydrogen-bond donors (Lipinski definition) is 2. The topological polar surface area (TPSA) is 53.6 Å². The van der Waals surface area contributed by atoms with E-state index in [0.717, 1.165) is 30.0 Å². The molecule has 16 heavy (non-hydrogen) atoms. The Bertz CT molecular complexity index is 576. The Hall–Kier alpha value is -1.75. The number of hydrogen-bond acceptors (Lipinski definition) is 4. The molecule has 4 nitrogen and oxygen atoms in total. The first-order valence-corrected chi connectivity index (χ1v) is 5.53. The van der Waals surface area contributed by atoms with Crippen molar-refractivity contribution >= 4 is 18.0 Å². The van der Waals surface area contributed by atoms with Gasteiger partial charge in [-0.05, 0) is 30.8 Å². The molecule has 0 aliphatic carbocycles. The van der Waals surface area contributed by atoms with Crippen LogP contribution in [0.15, 0.2) is 24.5 Å². The van der Waals surface area contributed by atoms with E-state index in [1.165, 1.54) is 5.56 Å². The molecule has 5 heteroatoms. The predicted molar refractivity (Wildman–Crippen MR) is 64.8 cm³/mol. The summed E-state index contributed by atoms with van der Waals surface area (Å²) in [5, 5.41) is 3.24. The minimum atomic E-state index is 0.514. The molecule has 0 amide bonds. The van der Waals surface area contributed by atoms with Crippen LogP contribution in [0.25, 0.3) is 11.3 Å². The van der Waals surface area contributed by atoms with Crippen LogP contribution in [0.2, 0.25) is 0 Å². The predicted octanol–water partition coefficient (Wildman–Crippen LogP) is 2.17. The molecule has 1 aliphatic rings. The Morgan fingerprint density at radius 3 is 2.88 bits per heavy atom. The van der Waals surface area contributed by atoms with Crippen LogP contribution in [0.1, 0.15) is 5.56 Å². The van der Waals surface area contributed by atoms with Gasteiger partial charge in [0.05, 0.1) is 5.69 Å². The highest BCUT2D eigenvalue weighted by Gasteiger charge is 2.17. The van der Waals surface area contributed by atoms with Crippen molar-refractivity contribution in [2.75, 3.05) is 11.9 Å². The zero-order valence-corrected chi connectivity index (χ0v) is 9.34. The first kappa shape index (κ1) is 9.47. The monoisotopic (exact) mass is 230 g/mol. The highest BCUT2D eigenvalue weighted by Crippen LogP contribution is 2.28. The van der Waals surface area contributed by atoms with Crippen molar-refractivity contribution in [3.63, 3.8) is 0 Å². The number of fused-ring (bicyclic) bond motifs is 1. The lowest BCUT2D eigenvalue weighted by Crippen LogP contribution is -1.96. The third kappa shape index (κ3) is 1.49. The Balaban J connectivity index is 2.25. The number of aromatic amines is 1. The minimum Gasteiger partial charge on any atom is -0.369 e. The molecule has 1 aliphatic heterocycles. The van der Waals surface area contributed by atoms with Crippen LogP contribution < -0.4 is 5.32 Å². The maximum Gasteiger partial charge on any atom is 0.199 e. The summed E-state index contributed by atoms with van der Waals surface area (Å²) in [6.07, 6.45) is 4.54. The lowest BCUT2D eigenvalue weighted by molar-refractivity contribution is 1.08. The second-order valence-electron chi connectivity index (χ2n) is 3.66. The number of aromatic nitrogens is 3. The molecule has 0 atom stereocenters. The van der Waals surface area contributed by atoms with Gasteiger partial charge < -0.3 is 10.3 Å². The Kier molecular flexibility index (Phi) is 2.18. The van der Waals surface area contributed by atoms with E-state index in [1.807, 2.05) is 12.1 Å². The molecular weight excluding hydrogens is 220 g/mol. The summed E-state index contributed by atoms with van der Waals surface area (Å²) in [4.78, 5) is 11.4. The Labute approximate surface area is 97.8 Å². The normalized spacial score (nSPS) is 13.2. The van der Waals surface area contributed by atoms with E-state index in [4.69, 9.17) is 12.2 Å². The molecule has 0 aromatic carbocycles. The third-order valence-corrected chi connectivity index (χ3v) is 2.86. The maximum absolute atomic E-state index is 5.12. The van der Waals surface area contributed by atoms with Crippen molar-refractivity contribution in [1.82, 2.24) is 15.0 Å². The second-order valence-corrected chi connectivity index (χ2v) is 4.04. The SMILES string of the molecule is S=c1nc2c(c(-c3ccncc3)[nH]1)CCN2. The summed E-state index contributed by atoms with van der Waals surface area (Å²) < 4.78 is 0.514. The number of nitrogens with one attached hydrogen (secondary N) is 2. The molecule has 0 radical (unpaired) electrons. The quantitative estimate of drug-likeness (QED) is 0.737. The molecule has 2 N–H and O–H groups in total. The van der Waals surface area contributed by atoms with Crippen LogP contribution in [-0.4, -0.2) is 21.5 Å². The van der Waals surface area contributed by atoms with Crippen LogP contribution >= 0.6 is 12.2 Å². The van der Waals surface area contributed by atoms with E-state index >= 15 is 0 Å². The van der Waals surface area contributed by atoms with Gasteiger partial charge in [-0.1, -0.05) is 0 Å². The van der Waals surface area contributed by atoms with Gasteiger partial charge in [0.1, 0.15) is 5.82 Å². The number of nitrogens with zero attached hydrogens (tertiary/aromatic N) is 2. The van der Waals surface area contributed by atoms with E-state index in [2.05, 4.69) is 20.3 Å². The molecular formula is C11H10N4S. The van der Waals surface area contributed by atoms with Crippen molar-refractivity contribution in [3.8, 4) is 11.3 Å². The number of pyridine rings is 1. The average Bonchev–Trinajstić information content (AvgIpc) is 2.77. The van der Waals surface area contributed by atoms with Crippen LogP contribution in [0.4, 0.5) is 5.82 Å². The van der Waals surface area contributed by atoms with E-state index < -0.39 is 0 Å². The zero-order valence-electron chi connectivity index (χ0n) is 8.53. The van der Waals surface area contributed by atoms with Gasteiger partial charge in [0.15, 0.2) is 4.77 Å². The van der Waals surface area contributed by atoms with E-state index in [0.29, 0.717) is 4.77 Å². The van der Waals surface area contributed by atoms with E-state index in [-0.39, 0.29) is 0 Å². The van der Waals surface area contributed by atoms with Gasteiger partial charge in [0, 0.05) is 30.1 Å². The van der Waals surface area contributed by atoms with Crippen molar-refractivity contribution in [2.45, 2.75) is 6.42 Å². The molecule has 0 saturated carbocycles. The van der Waals surface area contributed by atoms with Crippen molar-refractivity contribution in [3.05, 3.63) is 34.9 Å². The molecule has 0 saturated heterocycles. The molecule has 2 aromatic heterocycles. The summed E-state index contributed by atoms with van der Waals surface area (Å²) in [5.41, 5.74) is 3.37. The fourth-order valence-corrected chi connectivity index (χ4v) is 2.15.